The first kappa shape index (κ1) is 11.9. The van der Waals surface area contributed by atoms with Gasteiger partial charge in [-0.05, 0) is 24.6 Å². The Morgan fingerprint density at radius 3 is 2.94 bits per heavy atom. The van der Waals surface area contributed by atoms with Crippen LogP contribution in [0.5, 0.6) is 0 Å². The SMILES string of the molecule is O=C1CCCN(c2cccc(F)c2)N1CCO. The predicted octanol–water partition coefficient (Wildman–Crippen LogP) is 1.16. The molecule has 1 amide bonds. The van der Waals surface area contributed by atoms with Gasteiger partial charge in [0.1, 0.15) is 5.82 Å². The number of aliphatic hydroxyl groups is 1. The van der Waals surface area contributed by atoms with Crippen LogP contribution in [0.2, 0.25) is 0 Å². The molecular formula is C12H15FN2O2. The number of nitrogens with zero attached hydrogens (tertiary/aromatic N) is 2. The molecule has 4 nitrogen and oxygen atoms in total. The lowest BCUT2D eigenvalue weighted by Gasteiger charge is -2.39. The van der Waals surface area contributed by atoms with Crippen molar-refractivity contribution in [1.82, 2.24) is 5.01 Å². The third-order valence-electron chi connectivity index (χ3n) is 2.76. The predicted molar refractivity (Wildman–Crippen MR) is 61.8 cm³/mol. The van der Waals surface area contributed by atoms with Crippen LogP contribution in [-0.4, -0.2) is 35.7 Å². The highest BCUT2D eigenvalue weighted by molar-refractivity contribution is 5.79. The van der Waals surface area contributed by atoms with Crippen molar-refractivity contribution in [3.8, 4) is 0 Å². The molecule has 0 saturated carbocycles. The number of hydrogen-bond donors (Lipinski definition) is 1. The molecule has 1 N–H and O–H groups in total. The Balaban J connectivity index is 2.24. The maximum absolute atomic E-state index is 13.2. The normalized spacial score (nSPS) is 16.5. The van der Waals surface area contributed by atoms with Crippen molar-refractivity contribution < 1.29 is 14.3 Å². The molecule has 1 aliphatic rings. The van der Waals surface area contributed by atoms with Crippen LogP contribution in [0.1, 0.15) is 12.8 Å². The van der Waals surface area contributed by atoms with E-state index in [0.29, 0.717) is 18.7 Å². The average Bonchev–Trinajstić information content (AvgIpc) is 2.32. The van der Waals surface area contributed by atoms with E-state index in [1.807, 2.05) is 0 Å². The Hall–Kier alpha value is -1.62. The molecule has 0 aliphatic carbocycles. The van der Waals surface area contributed by atoms with Gasteiger partial charge >= 0.3 is 0 Å². The number of aliphatic hydroxyl groups excluding tert-OH is 1. The summed E-state index contributed by atoms with van der Waals surface area (Å²) in [7, 11) is 0. The highest BCUT2D eigenvalue weighted by atomic mass is 19.1. The van der Waals surface area contributed by atoms with Gasteiger partial charge in [-0.3, -0.25) is 14.8 Å². The van der Waals surface area contributed by atoms with Crippen molar-refractivity contribution in [2.75, 3.05) is 24.7 Å². The molecule has 1 saturated heterocycles. The molecule has 2 rings (SSSR count). The minimum atomic E-state index is -0.329. The number of hydrazine groups is 1. The Kier molecular flexibility index (Phi) is 3.58. The van der Waals surface area contributed by atoms with Gasteiger partial charge < -0.3 is 5.11 Å². The number of amides is 1. The fourth-order valence-electron chi connectivity index (χ4n) is 2.01. The van der Waals surface area contributed by atoms with E-state index in [1.165, 1.54) is 17.1 Å². The van der Waals surface area contributed by atoms with Gasteiger partial charge in [-0.2, -0.15) is 0 Å². The average molecular weight is 238 g/mol. The second-order valence-electron chi connectivity index (χ2n) is 3.95. The van der Waals surface area contributed by atoms with Gasteiger partial charge in [0.15, 0.2) is 0 Å². The first-order valence-electron chi connectivity index (χ1n) is 5.66. The summed E-state index contributed by atoms with van der Waals surface area (Å²) in [6.07, 6.45) is 1.23. The summed E-state index contributed by atoms with van der Waals surface area (Å²) in [5.74, 6) is -0.362. The standard InChI is InChI=1S/C12H15FN2O2/c13-10-3-1-4-11(9-10)14-6-2-5-12(17)15(14)7-8-16/h1,3-4,9,16H,2,5-8H2. The molecule has 1 fully saturated rings. The summed E-state index contributed by atoms with van der Waals surface area (Å²) in [5, 5.41) is 12.2. The van der Waals surface area contributed by atoms with E-state index >= 15 is 0 Å². The zero-order valence-corrected chi connectivity index (χ0v) is 9.47. The van der Waals surface area contributed by atoms with Gasteiger partial charge in [0, 0.05) is 13.0 Å². The molecule has 0 spiro atoms. The molecule has 5 heteroatoms. The van der Waals surface area contributed by atoms with Gasteiger partial charge in [-0.15, -0.1) is 0 Å². The van der Waals surface area contributed by atoms with E-state index in [4.69, 9.17) is 5.11 Å². The summed E-state index contributed by atoms with van der Waals surface area (Å²) < 4.78 is 13.2. The maximum atomic E-state index is 13.2. The second kappa shape index (κ2) is 5.14. The largest absolute Gasteiger partial charge is 0.394 e. The molecule has 0 unspecified atom stereocenters. The van der Waals surface area contributed by atoms with E-state index < -0.39 is 0 Å². The fraction of sp³-hybridized carbons (Fsp3) is 0.417. The van der Waals surface area contributed by atoms with Gasteiger partial charge in [-0.1, -0.05) is 6.07 Å². The van der Waals surface area contributed by atoms with Crippen molar-refractivity contribution in [2.24, 2.45) is 0 Å². The first-order chi connectivity index (χ1) is 8.22. The van der Waals surface area contributed by atoms with Crippen LogP contribution >= 0.6 is 0 Å². The minimum Gasteiger partial charge on any atom is -0.394 e. The monoisotopic (exact) mass is 238 g/mol. The highest BCUT2D eigenvalue weighted by Gasteiger charge is 2.25. The summed E-state index contributed by atoms with van der Waals surface area (Å²) in [4.78, 5) is 11.7. The molecule has 92 valence electrons. The van der Waals surface area contributed by atoms with Crippen LogP contribution in [0.4, 0.5) is 10.1 Å². The minimum absolute atomic E-state index is 0.0328. The van der Waals surface area contributed by atoms with Crippen molar-refractivity contribution in [2.45, 2.75) is 12.8 Å². The van der Waals surface area contributed by atoms with Crippen LogP contribution in [0.3, 0.4) is 0 Å². The van der Waals surface area contributed by atoms with E-state index in [2.05, 4.69) is 0 Å². The van der Waals surface area contributed by atoms with Gasteiger partial charge in [0.05, 0.1) is 18.8 Å². The van der Waals surface area contributed by atoms with Crippen molar-refractivity contribution in [1.29, 1.82) is 0 Å². The molecule has 1 heterocycles. The molecule has 0 atom stereocenters. The van der Waals surface area contributed by atoms with Gasteiger partial charge in [0.2, 0.25) is 5.91 Å². The number of β-amino-alcohol motifs (C(OH)–C–C–N with tert-alkyl or cyclic N) is 1. The third-order valence-corrected chi connectivity index (χ3v) is 2.76. The summed E-state index contributed by atoms with van der Waals surface area (Å²) in [5.41, 5.74) is 0.645. The number of hydrogen-bond acceptors (Lipinski definition) is 3. The lowest BCUT2D eigenvalue weighted by Crippen LogP contribution is -2.51. The van der Waals surface area contributed by atoms with E-state index in [1.54, 1.807) is 17.1 Å². The smallest absolute Gasteiger partial charge is 0.241 e. The van der Waals surface area contributed by atoms with Crippen molar-refractivity contribution in [3.63, 3.8) is 0 Å². The maximum Gasteiger partial charge on any atom is 0.241 e. The lowest BCUT2D eigenvalue weighted by molar-refractivity contribution is -0.134. The molecule has 1 aromatic rings. The van der Waals surface area contributed by atoms with Gasteiger partial charge in [0.25, 0.3) is 0 Å². The number of halogens is 1. The van der Waals surface area contributed by atoms with Crippen LogP contribution in [0, 0.1) is 5.82 Å². The topological polar surface area (TPSA) is 43.8 Å². The van der Waals surface area contributed by atoms with Crippen LogP contribution in [0.25, 0.3) is 0 Å². The van der Waals surface area contributed by atoms with Crippen LogP contribution < -0.4 is 5.01 Å². The molecule has 0 radical (unpaired) electrons. The third kappa shape index (κ3) is 2.55. The van der Waals surface area contributed by atoms with Crippen molar-refractivity contribution in [3.05, 3.63) is 30.1 Å². The van der Waals surface area contributed by atoms with Crippen LogP contribution in [0.15, 0.2) is 24.3 Å². The number of carbonyl (C=O) groups excluding carboxylic acids is 1. The molecule has 17 heavy (non-hydrogen) atoms. The summed E-state index contributed by atoms with van der Waals surface area (Å²) in [6.45, 7) is 0.808. The Labute approximate surface area is 99.2 Å². The zero-order chi connectivity index (χ0) is 12.3. The number of carbonyl (C=O) groups is 1. The lowest BCUT2D eigenvalue weighted by atomic mass is 10.2. The molecule has 0 bridgehead atoms. The van der Waals surface area contributed by atoms with Gasteiger partial charge in [-0.25, -0.2) is 4.39 Å². The number of anilines is 1. The van der Waals surface area contributed by atoms with E-state index in [9.17, 15) is 9.18 Å². The molecule has 0 aromatic heterocycles. The first-order valence-corrected chi connectivity index (χ1v) is 5.66. The molecular weight excluding hydrogens is 223 g/mol. The Bertz CT molecular complexity index is 411. The number of benzene rings is 1. The Morgan fingerprint density at radius 2 is 2.24 bits per heavy atom. The summed E-state index contributed by atoms with van der Waals surface area (Å²) >= 11 is 0. The van der Waals surface area contributed by atoms with Crippen molar-refractivity contribution >= 4 is 11.6 Å². The fourth-order valence-corrected chi connectivity index (χ4v) is 2.01. The summed E-state index contributed by atoms with van der Waals surface area (Å²) in [6, 6.07) is 6.13. The van der Waals surface area contributed by atoms with Crippen LogP contribution in [-0.2, 0) is 4.79 Å². The Morgan fingerprint density at radius 1 is 1.41 bits per heavy atom. The second-order valence-corrected chi connectivity index (χ2v) is 3.95. The molecule has 1 aromatic carbocycles. The highest BCUT2D eigenvalue weighted by Crippen LogP contribution is 2.22. The van der Waals surface area contributed by atoms with E-state index in [-0.39, 0.29) is 24.9 Å². The quantitative estimate of drug-likeness (QED) is 0.859. The van der Waals surface area contributed by atoms with E-state index in [0.717, 1.165) is 6.42 Å². The molecule has 1 aliphatic heterocycles. The number of rotatable bonds is 3. The zero-order valence-electron chi connectivity index (χ0n) is 9.47.